The average Bonchev–Trinajstić information content (AvgIpc) is 2.16. The smallest absolute Gasteiger partial charge is 0.243 e. The second kappa shape index (κ2) is 4.16. The number of hydrogen-bond acceptors (Lipinski definition) is 3. The molecule has 0 aliphatic rings. The number of para-hydroxylation sites is 1. The molecule has 0 radical (unpaired) electrons. The lowest BCUT2D eigenvalue weighted by molar-refractivity contribution is 0.539. The zero-order valence-electron chi connectivity index (χ0n) is 9.19. The SMILES string of the molecule is C#CC(C)(C)NS(=O)(=O)c1ccccc1N. The third kappa shape index (κ3) is 2.75. The molecule has 0 bridgehead atoms. The first kappa shape index (κ1) is 12.6. The van der Waals surface area contributed by atoms with E-state index in [1.807, 2.05) is 0 Å². The van der Waals surface area contributed by atoms with Gasteiger partial charge < -0.3 is 5.73 Å². The van der Waals surface area contributed by atoms with E-state index in [4.69, 9.17) is 12.2 Å². The molecule has 86 valence electrons. The van der Waals surface area contributed by atoms with Crippen LogP contribution in [0.25, 0.3) is 0 Å². The van der Waals surface area contributed by atoms with Gasteiger partial charge in [-0.2, -0.15) is 4.72 Å². The number of nitrogen functional groups attached to an aromatic ring is 1. The van der Waals surface area contributed by atoms with E-state index in [1.165, 1.54) is 12.1 Å². The Labute approximate surface area is 95.9 Å². The summed E-state index contributed by atoms with van der Waals surface area (Å²) in [6.45, 7) is 3.20. The van der Waals surface area contributed by atoms with Crippen LogP contribution in [0.15, 0.2) is 29.2 Å². The molecule has 0 heterocycles. The average molecular weight is 238 g/mol. The summed E-state index contributed by atoms with van der Waals surface area (Å²) >= 11 is 0. The lowest BCUT2D eigenvalue weighted by Crippen LogP contribution is -2.42. The highest BCUT2D eigenvalue weighted by Crippen LogP contribution is 2.18. The molecule has 0 unspecified atom stereocenters. The Hall–Kier alpha value is -1.51. The summed E-state index contributed by atoms with van der Waals surface area (Å²) in [6, 6.07) is 6.23. The molecule has 0 spiro atoms. The Morgan fingerprint density at radius 2 is 1.94 bits per heavy atom. The number of hydrogen-bond donors (Lipinski definition) is 2. The predicted molar refractivity (Wildman–Crippen MR) is 64.1 cm³/mol. The first-order valence-corrected chi connectivity index (χ1v) is 6.13. The molecule has 0 amide bonds. The van der Waals surface area contributed by atoms with Crippen molar-refractivity contribution in [2.45, 2.75) is 24.3 Å². The van der Waals surface area contributed by atoms with Crippen LogP contribution in [0.4, 0.5) is 5.69 Å². The molecule has 3 N–H and O–H groups in total. The van der Waals surface area contributed by atoms with Crippen LogP contribution in [0.5, 0.6) is 0 Å². The first-order chi connectivity index (χ1) is 7.28. The minimum atomic E-state index is -3.68. The molecule has 5 heteroatoms. The van der Waals surface area contributed by atoms with Crippen molar-refractivity contribution in [2.24, 2.45) is 0 Å². The van der Waals surface area contributed by atoms with Crippen LogP contribution in [0.2, 0.25) is 0 Å². The van der Waals surface area contributed by atoms with Gasteiger partial charge in [-0.25, -0.2) is 8.42 Å². The highest BCUT2D eigenvalue weighted by molar-refractivity contribution is 7.89. The van der Waals surface area contributed by atoms with E-state index in [0.29, 0.717) is 0 Å². The van der Waals surface area contributed by atoms with Gasteiger partial charge in [-0.05, 0) is 26.0 Å². The molecule has 0 fully saturated rings. The van der Waals surface area contributed by atoms with Gasteiger partial charge in [-0.1, -0.05) is 18.1 Å². The van der Waals surface area contributed by atoms with Gasteiger partial charge in [-0.3, -0.25) is 0 Å². The number of nitrogens with two attached hydrogens (primary N) is 1. The summed E-state index contributed by atoms with van der Waals surface area (Å²) in [5, 5.41) is 0. The summed E-state index contributed by atoms with van der Waals surface area (Å²) in [6.07, 6.45) is 5.22. The quantitative estimate of drug-likeness (QED) is 0.608. The second-order valence-electron chi connectivity index (χ2n) is 3.91. The molecule has 0 atom stereocenters. The summed E-state index contributed by atoms with van der Waals surface area (Å²) in [7, 11) is -3.68. The number of sulfonamides is 1. The maximum absolute atomic E-state index is 11.9. The highest BCUT2D eigenvalue weighted by atomic mass is 32.2. The summed E-state index contributed by atoms with van der Waals surface area (Å²) in [5.41, 5.74) is 4.85. The molecule has 1 aromatic carbocycles. The maximum atomic E-state index is 11.9. The second-order valence-corrected chi connectivity index (χ2v) is 5.56. The van der Waals surface area contributed by atoms with E-state index in [9.17, 15) is 8.42 Å². The van der Waals surface area contributed by atoms with E-state index in [-0.39, 0.29) is 10.6 Å². The van der Waals surface area contributed by atoms with Crippen molar-refractivity contribution in [1.82, 2.24) is 4.72 Å². The van der Waals surface area contributed by atoms with E-state index < -0.39 is 15.6 Å². The highest BCUT2D eigenvalue weighted by Gasteiger charge is 2.25. The zero-order chi connectivity index (χ0) is 12.4. The van der Waals surface area contributed by atoms with Crippen LogP contribution in [0.3, 0.4) is 0 Å². The van der Waals surface area contributed by atoms with E-state index in [1.54, 1.807) is 26.0 Å². The third-order valence-electron chi connectivity index (χ3n) is 1.96. The molecular formula is C11H14N2O2S. The molecule has 0 saturated heterocycles. The Morgan fingerprint density at radius 3 is 2.44 bits per heavy atom. The van der Waals surface area contributed by atoms with Gasteiger partial charge in [0.25, 0.3) is 0 Å². The minimum Gasteiger partial charge on any atom is -0.398 e. The van der Waals surface area contributed by atoms with Crippen LogP contribution < -0.4 is 10.5 Å². The Bertz CT molecular complexity index is 527. The van der Waals surface area contributed by atoms with Crippen molar-refractivity contribution in [3.05, 3.63) is 24.3 Å². The molecule has 0 aliphatic carbocycles. The fourth-order valence-corrected chi connectivity index (χ4v) is 2.62. The number of benzene rings is 1. The number of anilines is 1. The third-order valence-corrected chi connectivity index (χ3v) is 3.69. The lowest BCUT2D eigenvalue weighted by atomic mass is 10.1. The zero-order valence-corrected chi connectivity index (χ0v) is 10.0. The predicted octanol–water partition coefficient (Wildman–Crippen LogP) is 0.959. The van der Waals surface area contributed by atoms with Gasteiger partial charge >= 0.3 is 0 Å². The topological polar surface area (TPSA) is 72.2 Å². The van der Waals surface area contributed by atoms with Crippen LogP contribution in [0.1, 0.15) is 13.8 Å². The van der Waals surface area contributed by atoms with Crippen molar-refractivity contribution in [1.29, 1.82) is 0 Å². The van der Waals surface area contributed by atoms with Crippen LogP contribution in [-0.4, -0.2) is 14.0 Å². The maximum Gasteiger partial charge on any atom is 0.243 e. The lowest BCUT2D eigenvalue weighted by Gasteiger charge is -2.19. The Kier molecular flexibility index (Phi) is 3.27. The molecule has 4 nitrogen and oxygen atoms in total. The molecule has 16 heavy (non-hydrogen) atoms. The summed E-state index contributed by atoms with van der Waals surface area (Å²) in [5.74, 6) is 2.36. The monoisotopic (exact) mass is 238 g/mol. The van der Waals surface area contributed by atoms with Gasteiger partial charge in [0.15, 0.2) is 0 Å². The molecule has 0 aromatic heterocycles. The summed E-state index contributed by atoms with van der Waals surface area (Å²) in [4.78, 5) is 0.0401. The molecule has 0 saturated carbocycles. The van der Waals surface area contributed by atoms with Crippen molar-refractivity contribution in [2.75, 3.05) is 5.73 Å². The van der Waals surface area contributed by atoms with Crippen molar-refractivity contribution < 1.29 is 8.42 Å². The van der Waals surface area contributed by atoms with Gasteiger partial charge in [0, 0.05) is 0 Å². The van der Waals surface area contributed by atoms with Crippen LogP contribution in [0, 0.1) is 12.3 Å². The van der Waals surface area contributed by atoms with E-state index >= 15 is 0 Å². The Balaban J connectivity index is 3.16. The molecule has 1 aromatic rings. The van der Waals surface area contributed by atoms with Gasteiger partial charge in [0.05, 0.1) is 11.2 Å². The number of nitrogens with one attached hydrogen (secondary N) is 1. The molecular weight excluding hydrogens is 224 g/mol. The molecule has 0 aliphatic heterocycles. The van der Waals surface area contributed by atoms with E-state index in [2.05, 4.69) is 10.6 Å². The van der Waals surface area contributed by atoms with Crippen molar-refractivity contribution in [3.63, 3.8) is 0 Å². The fourth-order valence-electron chi connectivity index (χ4n) is 1.15. The number of rotatable bonds is 3. The fraction of sp³-hybridized carbons (Fsp3) is 0.273. The van der Waals surface area contributed by atoms with Crippen LogP contribution >= 0.6 is 0 Å². The van der Waals surface area contributed by atoms with Gasteiger partial charge in [0.2, 0.25) is 10.0 Å². The largest absolute Gasteiger partial charge is 0.398 e. The summed E-state index contributed by atoms with van der Waals surface area (Å²) < 4.78 is 26.3. The van der Waals surface area contributed by atoms with Crippen molar-refractivity contribution in [3.8, 4) is 12.3 Å². The number of terminal acetylenes is 1. The first-order valence-electron chi connectivity index (χ1n) is 4.65. The van der Waals surface area contributed by atoms with Gasteiger partial charge in [-0.15, -0.1) is 6.42 Å². The van der Waals surface area contributed by atoms with Crippen molar-refractivity contribution >= 4 is 15.7 Å². The normalized spacial score (nSPS) is 12.1. The van der Waals surface area contributed by atoms with Gasteiger partial charge in [0.1, 0.15) is 4.90 Å². The van der Waals surface area contributed by atoms with Crippen LogP contribution in [-0.2, 0) is 10.0 Å². The Morgan fingerprint density at radius 1 is 1.38 bits per heavy atom. The minimum absolute atomic E-state index is 0.0401. The van der Waals surface area contributed by atoms with E-state index in [0.717, 1.165) is 0 Å². The standard InChI is InChI=1S/C11H14N2O2S/c1-4-11(2,3)13-16(14,15)10-8-6-5-7-9(10)12/h1,5-8,13H,12H2,2-3H3. The molecule has 1 rings (SSSR count).